The maximum atomic E-state index is 13.1. The quantitative estimate of drug-likeness (QED) is 0.654. The lowest BCUT2D eigenvalue weighted by atomic mass is 9.95. The Morgan fingerprint density at radius 2 is 1.92 bits per heavy atom. The van der Waals surface area contributed by atoms with E-state index < -0.39 is 0 Å². The fourth-order valence-electron chi connectivity index (χ4n) is 2.74. The Kier molecular flexibility index (Phi) is 7.57. The lowest BCUT2D eigenvalue weighted by Gasteiger charge is -2.20. The summed E-state index contributed by atoms with van der Waals surface area (Å²) in [5.74, 6) is -0.345. The summed E-state index contributed by atoms with van der Waals surface area (Å²) in [6.07, 6.45) is 0.955. The molecule has 5 heteroatoms. The van der Waals surface area contributed by atoms with Gasteiger partial charge in [-0.25, -0.2) is 4.39 Å². The number of aliphatic hydroxyl groups excluding tert-OH is 1. The van der Waals surface area contributed by atoms with Gasteiger partial charge in [0.05, 0.1) is 0 Å². The molecule has 2 rings (SSSR count). The Morgan fingerprint density at radius 1 is 1.16 bits per heavy atom. The van der Waals surface area contributed by atoms with Crippen LogP contribution in [0.3, 0.4) is 0 Å². The highest BCUT2D eigenvalue weighted by molar-refractivity contribution is 5.91. The molecule has 0 aliphatic heterocycles. The molecule has 4 nitrogen and oxygen atoms in total. The van der Waals surface area contributed by atoms with Crippen LogP contribution in [0.2, 0.25) is 0 Å². The molecule has 2 atom stereocenters. The molecule has 0 saturated heterocycles. The van der Waals surface area contributed by atoms with Gasteiger partial charge >= 0.3 is 0 Å². The van der Waals surface area contributed by atoms with Gasteiger partial charge in [-0.2, -0.15) is 0 Å². The van der Waals surface area contributed by atoms with Crippen LogP contribution in [0, 0.1) is 5.82 Å². The van der Waals surface area contributed by atoms with Crippen LogP contribution >= 0.6 is 0 Å². The first kappa shape index (κ1) is 19.1. The van der Waals surface area contributed by atoms with Crippen molar-refractivity contribution in [3.05, 3.63) is 66.0 Å². The number of hydrogen-bond acceptors (Lipinski definition) is 3. The Balaban J connectivity index is 1.82. The molecule has 25 heavy (non-hydrogen) atoms. The van der Waals surface area contributed by atoms with E-state index in [4.69, 9.17) is 0 Å². The topological polar surface area (TPSA) is 61.4 Å². The van der Waals surface area contributed by atoms with E-state index in [0.717, 1.165) is 0 Å². The number of nitrogens with one attached hydrogen (secondary N) is 2. The molecule has 134 valence electrons. The molecule has 1 amide bonds. The first-order chi connectivity index (χ1) is 12.1. The van der Waals surface area contributed by atoms with Gasteiger partial charge in [-0.15, -0.1) is 0 Å². The summed E-state index contributed by atoms with van der Waals surface area (Å²) in [5.41, 5.74) is 1.63. The zero-order chi connectivity index (χ0) is 18.1. The van der Waals surface area contributed by atoms with Crippen LogP contribution in [-0.4, -0.2) is 30.2 Å². The molecule has 0 fully saturated rings. The van der Waals surface area contributed by atoms with E-state index in [0.29, 0.717) is 18.7 Å². The van der Waals surface area contributed by atoms with Crippen molar-refractivity contribution in [1.29, 1.82) is 0 Å². The van der Waals surface area contributed by atoms with Gasteiger partial charge in [0.25, 0.3) is 0 Å². The predicted octanol–water partition coefficient (Wildman–Crippen LogP) is 3.30. The first-order valence-corrected chi connectivity index (χ1v) is 8.53. The van der Waals surface area contributed by atoms with Gasteiger partial charge in [-0.1, -0.05) is 36.4 Å². The highest BCUT2D eigenvalue weighted by Gasteiger charge is 2.14. The van der Waals surface area contributed by atoms with Crippen LogP contribution in [-0.2, 0) is 4.79 Å². The second kappa shape index (κ2) is 9.91. The van der Waals surface area contributed by atoms with Crippen molar-refractivity contribution in [1.82, 2.24) is 5.32 Å². The molecule has 0 bridgehead atoms. The van der Waals surface area contributed by atoms with Crippen molar-refractivity contribution in [3.8, 4) is 0 Å². The molecule has 0 saturated carbocycles. The van der Waals surface area contributed by atoms with Crippen molar-refractivity contribution in [2.45, 2.75) is 31.7 Å². The lowest BCUT2D eigenvalue weighted by Crippen LogP contribution is -2.34. The van der Waals surface area contributed by atoms with E-state index in [9.17, 15) is 14.3 Å². The smallest absolute Gasteiger partial charge is 0.225 e. The average molecular weight is 344 g/mol. The van der Waals surface area contributed by atoms with Gasteiger partial charge in [0.1, 0.15) is 5.82 Å². The zero-order valence-electron chi connectivity index (χ0n) is 14.4. The maximum Gasteiger partial charge on any atom is 0.225 e. The molecule has 0 aromatic heterocycles. The minimum absolute atomic E-state index is 0.0292. The third-order valence-electron chi connectivity index (χ3n) is 4.06. The molecule has 2 unspecified atom stereocenters. The van der Waals surface area contributed by atoms with Crippen LogP contribution in [0.15, 0.2) is 54.6 Å². The number of anilines is 1. The van der Waals surface area contributed by atoms with Crippen LogP contribution in [0.25, 0.3) is 0 Å². The van der Waals surface area contributed by atoms with Gasteiger partial charge in [0.15, 0.2) is 0 Å². The Hall–Kier alpha value is -2.24. The molecule has 0 aliphatic rings. The van der Waals surface area contributed by atoms with Crippen LogP contribution in [0.4, 0.5) is 10.1 Å². The Bertz CT molecular complexity index is 664. The van der Waals surface area contributed by atoms with Gasteiger partial charge in [-0.05, 0) is 43.0 Å². The Morgan fingerprint density at radius 3 is 2.60 bits per heavy atom. The van der Waals surface area contributed by atoms with Gasteiger partial charge in [0.2, 0.25) is 5.91 Å². The molecular formula is C20H25FN2O2. The van der Waals surface area contributed by atoms with E-state index in [2.05, 4.69) is 10.6 Å². The largest absolute Gasteiger partial charge is 0.396 e. The summed E-state index contributed by atoms with van der Waals surface area (Å²) in [6.45, 7) is 2.74. The first-order valence-electron chi connectivity index (χ1n) is 8.53. The van der Waals surface area contributed by atoms with Crippen molar-refractivity contribution in [3.63, 3.8) is 0 Å². The van der Waals surface area contributed by atoms with E-state index in [1.54, 1.807) is 12.1 Å². The third kappa shape index (κ3) is 6.64. The van der Waals surface area contributed by atoms with E-state index >= 15 is 0 Å². The number of rotatable bonds is 9. The average Bonchev–Trinajstić information content (AvgIpc) is 2.59. The summed E-state index contributed by atoms with van der Waals surface area (Å²) in [4.78, 5) is 12.1. The minimum Gasteiger partial charge on any atom is -0.396 e. The SMILES string of the molecule is CC(CC(=O)Nc1cccc(F)c1)NCC(CCO)c1ccccc1. The number of carbonyl (C=O) groups is 1. The van der Waals surface area contributed by atoms with Crippen LogP contribution in [0.1, 0.15) is 31.2 Å². The number of hydrogen-bond donors (Lipinski definition) is 3. The molecule has 2 aromatic carbocycles. The zero-order valence-corrected chi connectivity index (χ0v) is 14.4. The summed E-state index contributed by atoms with van der Waals surface area (Å²) < 4.78 is 13.1. The highest BCUT2D eigenvalue weighted by Crippen LogP contribution is 2.18. The second-order valence-electron chi connectivity index (χ2n) is 6.19. The molecule has 3 N–H and O–H groups in total. The van der Waals surface area contributed by atoms with Crippen molar-refractivity contribution >= 4 is 11.6 Å². The Labute approximate surface area is 148 Å². The summed E-state index contributed by atoms with van der Waals surface area (Å²) in [7, 11) is 0. The van der Waals surface area contributed by atoms with Crippen molar-refractivity contribution in [2.75, 3.05) is 18.5 Å². The molecule has 0 spiro atoms. The van der Waals surface area contributed by atoms with Gasteiger partial charge < -0.3 is 15.7 Å². The lowest BCUT2D eigenvalue weighted by molar-refractivity contribution is -0.116. The number of aliphatic hydroxyl groups is 1. The summed E-state index contributed by atoms with van der Waals surface area (Å²) in [5, 5.41) is 15.3. The second-order valence-corrected chi connectivity index (χ2v) is 6.19. The van der Waals surface area contributed by atoms with E-state index in [1.165, 1.54) is 17.7 Å². The standard InChI is InChI=1S/C20H25FN2O2/c1-15(12-20(25)23-19-9-5-8-18(21)13-19)22-14-17(10-11-24)16-6-3-2-4-7-16/h2-9,13,15,17,22,24H,10-12,14H2,1H3,(H,23,25). The van der Waals surface area contributed by atoms with E-state index in [-0.39, 0.29) is 36.7 Å². The monoisotopic (exact) mass is 344 g/mol. The van der Waals surface area contributed by atoms with Crippen LogP contribution < -0.4 is 10.6 Å². The van der Waals surface area contributed by atoms with Gasteiger partial charge in [-0.3, -0.25) is 4.79 Å². The number of carbonyl (C=O) groups excluding carboxylic acids is 1. The molecule has 0 aliphatic carbocycles. The number of benzene rings is 2. The normalized spacial score (nSPS) is 13.2. The van der Waals surface area contributed by atoms with E-state index in [1.807, 2.05) is 37.3 Å². The van der Waals surface area contributed by atoms with Crippen LogP contribution in [0.5, 0.6) is 0 Å². The van der Waals surface area contributed by atoms with Gasteiger partial charge in [0, 0.05) is 31.3 Å². The molecular weight excluding hydrogens is 319 g/mol. The number of halogens is 1. The predicted molar refractivity (Wildman–Crippen MR) is 98.0 cm³/mol. The maximum absolute atomic E-state index is 13.1. The number of amides is 1. The minimum atomic E-state index is -0.376. The molecule has 2 aromatic rings. The molecule has 0 radical (unpaired) electrons. The summed E-state index contributed by atoms with van der Waals surface area (Å²) in [6, 6.07) is 15.8. The fraction of sp³-hybridized carbons (Fsp3) is 0.350. The highest BCUT2D eigenvalue weighted by atomic mass is 19.1. The molecule has 0 heterocycles. The summed E-state index contributed by atoms with van der Waals surface area (Å²) >= 11 is 0. The van der Waals surface area contributed by atoms with Crippen molar-refractivity contribution < 1.29 is 14.3 Å². The van der Waals surface area contributed by atoms with Crippen molar-refractivity contribution in [2.24, 2.45) is 0 Å². The third-order valence-corrected chi connectivity index (χ3v) is 4.06. The fourth-order valence-corrected chi connectivity index (χ4v) is 2.74.